The Morgan fingerprint density at radius 1 is 1.26 bits per heavy atom. The van der Waals surface area contributed by atoms with E-state index in [0.717, 1.165) is 9.87 Å². The molecule has 0 aliphatic rings. The SMILES string of the molecule is CCC[N+](C)(C)C.NC(=O)c1cc2ccccc2o1. The number of hydrogen-bond donors (Lipinski definition) is 1. The maximum Gasteiger partial charge on any atom is 0.284 e. The molecule has 2 aromatic rings. The summed E-state index contributed by atoms with van der Waals surface area (Å²) < 4.78 is 6.25. The zero-order valence-corrected chi connectivity index (χ0v) is 12.1. The summed E-state index contributed by atoms with van der Waals surface area (Å²) in [5.41, 5.74) is 5.73. The zero-order chi connectivity index (χ0) is 14.5. The molecule has 0 saturated carbocycles. The van der Waals surface area contributed by atoms with Crippen LogP contribution in [0.3, 0.4) is 0 Å². The highest BCUT2D eigenvalue weighted by Gasteiger charge is 2.06. The van der Waals surface area contributed by atoms with Crippen LogP contribution in [-0.2, 0) is 0 Å². The van der Waals surface area contributed by atoms with Gasteiger partial charge in [-0.05, 0) is 18.6 Å². The Balaban J connectivity index is 0.000000224. The highest BCUT2D eigenvalue weighted by atomic mass is 16.3. The third-order valence-corrected chi connectivity index (χ3v) is 2.56. The van der Waals surface area contributed by atoms with Crippen molar-refractivity contribution < 1.29 is 13.7 Å². The number of carbonyl (C=O) groups is 1. The van der Waals surface area contributed by atoms with Crippen LogP contribution in [0.25, 0.3) is 11.0 Å². The molecule has 0 saturated heterocycles. The predicted molar refractivity (Wildman–Crippen MR) is 77.9 cm³/mol. The molecule has 0 unspecified atom stereocenters. The Labute approximate surface area is 114 Å². The number of amides is 1. The third kappa shape index (κ3) is 5.14. The summed E-state index contributed by atoms with van der Waals surface area (Å²) in [6.45, 7) is 3.49. The Hall–Kier alpha value is -1.81. The van der Waals surface area contributed by atoms with Crippen LogP contribution >= 0.6 is 0 Å². The largest absolute Gasteiger partial charge is 0.451 e. The number of hydrogen-bond acceptors (Lipinski definition) is 2. The first kappa shape index (κ1) is 15.2. The summed E-state index contributed by atoms with van der Waals surface area (Å²) in [5.74, 6) is -0.331. The van der Waals surface area contributed by atoms with Gasteiger partial charge in [-0.2, -0.15) is 0 Å². The second-order valence-corrected chi connectivity index (χ2v) is 5.53. The highest BCUT2D eigenvalue weighted by molar-refractivity contribution is 5.94. The van der Waals surface area contributed by atoms with Gasteiger partial charge >= 0.3 is 0 Å². The summed E-state index contributed by atoms with van der Waals surface area (Å²) in [4.78, 5) is 10.7. The van der Waals surface area contributed by atoms with Crippen molar-refractivity contribution in [2.45, 2.75) is 13.3 Å². The van der Waals surface area contributed by atoms with Crippen LogP contribution in [0.15, 0.2) is 34.7 Å². The second-order valence-electron chi connectivity index (χ2n) is 5.53. The lowest BCUT2D eigenvalue weighted by Crippen LogP contribution is -2.34. The summed E-state index contributed by atoms with van der Waals surface area (Å²) in [5, 5.41) is 0.895. The Kier molecular flexibility index (Phi) is 5.12. The van der Waals surface area contributed by atoms with Crippen LogP contribution in [-0.4, -0.2) is 38.1 Å². The predicted octanol–water partition coefficient (Wildman–Crippen LogP) is 2.63. The van der Waals surface area contributed by atoms with E-state index in [9.17, 15) is 4.79 Å². The fourth-order valence-electron chi connectivity index (χ4n) is 1.77. The van der Waals surface area contributed by atoms with Crippen molar-refractivity contribution in [3.8, 4) is 0 Å². The molecule has 104 valence electrons. The molecule has 0 bridgehead atoms. The molecule has 1 amide bonds. The van der Waals surface area contributed by atoms with Crippen molar-refractivity contribution in [2.75, 3.05) is 27.7 Å². The molecular weight excluding hydrogens is 240 g/mol. The number of para-hydroxylation sites is 1. The molecule has 1 aromatic carbocycles. The number of furan rings is 1. The first-order valence-electron chi connectivity index (χ1n) is 6.42. The van der Waals surface area contributed by atoms with Crippen molar-refractivity contribution in [1.82, 2.24) is 0 Å². The molecule has 4 heteroatoms. The van der Waals surface area contributed by atoms with Gasteiger partial charge in [0.25, 0.3) is 5.91 Å². The number of fused-ring (bicyclic) bond motifs is 1. The Bertz CT molecular complexity index is 505. The Morgan fingerprint density at radius 2 is 1.89 bits per heavy atom. The molecule has 0 aliphatic carbocycles. The molecule has 2 rings (SSSR count). The maximum atomic E-state index is 10.7. The highest BCUT2D eigenvalue weighted by Crippen LogP contribution is 2.17. The van der Waals surface area contributed by atoms with Gasteiger partial charge in [-0.25, -0.2) is 0 Å². The lowest BCUT2D eigenvalue weighted by molar-refractivity contribution is -0.870. The van der Waals surface area contributed by atoms with Gasteiger partial charge in [0.05, 0.1) is 27.7 Å². The monoisotopic (exact) mass is 263 g/mol. The van der Waals surface area contributed by atoms with Gasteiger partial charge in [-0.1, -0.05) is 25.1 Å². The van der Waals surface area contributed by atoms with E-state index < -0.39 is 5.91 Å². The number of nitrogens with zero attached hydrogens (tertiary/aromatic N) is 1. The topological polar surface area (TPSA) is 56.2 Å². The lowest BCUT2D eigenvalue weighted by Gasteiger charge is -2.22. The number of nitrogens with two attached hydrogens (primary N) is 1. The van der Waals surface area contributed by atoms with Gasteiger partial charge in [0, 0.05) is 5.39 Å². The first-order valence-corrected chi connectivity index (χ1v) is 6.42. The van der Waals surface area contributed by atoms with E-state index in [0.29, 0.717) is 5.58 Å². The molecule has 2 N–H and O–H groups in total. The van der Waals surface area contributed by atoms with E-state index in [2.05, 4.69) is 28.1 Å². The molecule has 0 atom stereocenters. The van der Waals surface area contributed by atoms with Gasteiger partial charge in [0.2, 0.25) is 0 Å². The van der Waals surface area contributed by atoms with Gasteiger partial charge in [-0.3, -0.25) is 4.79 Å². The molecule has 0 fully saturated rings. The molecule has 0 spiro atoms. The molecule has 1 aromatic heterocycles. The molecular formula is C15H23N2O2+. The van der Waals surface area contributed by atoms with Crippen molar-refractivity contribution in [2.24, 2.45) is 5.73 Å². The van der Waals surface area contributed by atoms with Crippen LogP contribution in [0, 0.1) is 0 Å². The average Bonchev–Trinajstić information content (AvgIpc) is 2.71. The molecule has 0 aliphatic heterocycles. The van der Waals surface area contributed by atoms with E-state index in [1.165, 1.54) is 13.0 Å². The number of rotatable bonds is 3. The van der Waals surface area contributed by atoms with Crippen molar-refractivity contribution >= 4 is 16.9 Å². The summed E-state index contributed by atoms with van der Waals surface area (Å²) in [6.07, 6.45) is 1.28. The quantitative estimate of drug-likeness (QED) is 0.865. The Morgan fingerprint density at radius 3 is 2.32 bits per heavy atom. The number of quaternary nitrogens is 1. The zero-order valence-electron chi connectivity index (χ0n) is 12.1. The van der Waals surface area contributed by atoms with Crippen LogP contribution in [0.4, 0.5) is 0 Å². The second kappa shape index (κ2) is 6.38. The van der Waals surface area contributed by atoms with E-state index in [1.807, 2.05) is 18.2 Å². The van der Waals surface area contributed by atoms with Gasteiger partial charge in [0.1, 0.15) is 5.58 Å². The minimum atomic E-state index is -0.536. The fourth-order valence-corrected chi connectivity index (χ4v) is 1.77. The molecule has 19 heavy (non-hydrogen) atoms. The minimum absolute atomic E-state index is 0.205. The van der Waals surface area contributed by atoms with Crippen molar-refractivity contribution in [3.63, 3.8) is 0 Å². The summed E-state index contributed by atoms with van der Waals surface area (Å²) in [7, 11) is 6.64. The molecule has 0 radical (unpaired) electrons. The van der Waals surface area contributed by atoms with Gasteiger partial charge < -0.3 is 14.6 Å². The first-order chi connectivity index (χ1) is 8.83. The van der Waals surface area contributed by atoms with E-state index in [1.54, 1.807) is 12.1 Å². The van der Waals surface area contributed by atoms with E-state index >= 15 is 0 Å². The number of primary amides is 1. The van der Waals surface area contributed by atoms with Crippen LogP contribution in [0.2, 0.25) is 0 Å². The standard InChI is InChI=1S/C9H7NO2.C6H16N/c10-9(11)8-5-6-3-1-2-4-7(6)12-8;1-5-6-7(2,3)4/h1-5H,(H2,10,11);5-6H2,1-4H3/q;+1. The van der Waals surface area contributed by atoms with E-state index in [4.69, 9.17) is 10.2 Å². The summed E-state index contributed by atoms with van der Waals surface area (Å²) in [6, 6.07) is 9.02. The van der Waals surface area contributed by atoms with Gasteiger partial charge in [-0.15, -0.1) is 0 Å². The third-order valence-electron chi connectivity index (χ3n) is 2.56. The van der Waals surface area contributed by atoms with Crippen LogP contribution in [0.1, 0.15) is 23.9 Å². The fraction of sp³-hybridized carbons (Fsp3) is 0.400. The average molecular weight is 263 g/mol. The maximum absolute atomic E-state index is 10.7. The molecule has 1 heterocycles. The smallest absolute Gasteiger partial charge is 0.284 e. The number of carbonyl (C=O) groups excluding carboxylic acids is 1. The van der Waals surface area contributed by atoms with Crippen molar-refractivity contribution in [3.05, 3.63) is 36.1 Å². The summed E-state index contributed by atoms with van der Waals surface area (Å²) >= 11 is 0. The lowest BCUT2D eigenvalue weighted by atomic mass is 10.2. The van der Waals surface area contributed by atoms with Crippen LogP contribution < -0.4 is 5.73 Å². The van der Waals surface area contributed by atoms with Crippen molar-refractivity contribution in [1.29, 1.82) is 0 Å². The van der Waals surface area contributed by atoms with E-state index in [-0.39, 0.29) is 5.76 Å². The number of benzene rings is 1. The minimum Gasteiger partial charge on any atom is -0.451 e. The normalized spacial score (nSPS) is 10.9. The van der Waals surface area contributed by atoms with Gasteiger partial charge in [0.15, 0.2) is 5.76 Å². The van der Waals surface area contributed by atoms with Crippen LogP contribution in [0.5, 0.6) is 0 Å². The molecule has 4 nitrogen and oxygen atoms in total.